The van der Waals surface area contributed by atoms with Crippen LogP contribution in [0.25, 0.3) is 16.8 Å². The quantitative estimate of drug-likeness (QED) is 0.461. The Morgan fingerprint density at radius 1 is 1.03 bits per heavy atom. The number of carbonyl (C=O) groups is 1. The van der Waals surface area contributed by atoms with E-state index < -0.39 is 0 Å². The fraction of sp³-hybridized carbons (Fsp3) is 0.261. The van der Waals surface area contributed by atoms with Crippen molar-refractivity contribution in [1.82, 2.24) is 29.3 Å². The topological polar surface area (TPSA) is 87.6 Å². The summed E-state index contributed by atoms with van der Waals surface area (Å²) in [6.45, 7) is 4.34. The van der Waals surface area contributed by atoms with Crippen LogP contribution >= 0.6 is 0 Å². The number of tetrazole rings is 1. The Hall–Kier alpha value is -3.81. The summed E-state index contributed by atoms with van der Waals surface area (Å²) in [6, 6.07) is 15.9. The molecular formula is C23H24N6O2. The van der Waals surface area contributed by atoms with E-state index in [1.807, 2.05) is 62.4 Å². The van der Waals surface area contributed by atoms with E-state index in [2.05, 4.69) is 15.5 Å². The van der Waals surface area contributed by atoms with Gasteiger partial charge in [0.2, 0.25) is 5.91 Å². The molecule has 0 bridgehead atoms. The lowest BCUT2D eigenvalue weighted by molar-refractivity contribution is 0.0897. The molecule has 2 aromatic carbocycles. The summed E-state index contributed by atoms with van der Waals surface area (Å²) < 4.78 is 4.56. The van der Waals surface area contributed by atoms with Crippen molar-refractivity contribution >= 4 is 5.91 Å². The highest BCUT2D eigenvalue weighted by molar-refractivity contribution is 5.78. The van der Waals surface area contributed by atoms with Crippen molar-refractivity contribution < 1.29 is 4.79 Å². The second-order valence-corrected chi connectivity index (χ2v) is 7.32. The monoisotopic (exact) mass is 416 g/mol. The van der Waals surface area contributed by atoms with Gasteiger partial charge in [0.15, 0.2) is 0 Å². The predicted octanol–water partition coefficient (Wildman–Crippen LogP) is 3.34. The number of aromatic nitrogens is 6. The van der Waals surface area contributed by atoms with Gasteiger partial charge in [-0.2, -0.15) is 4.68 Å². The van der Waals surface area contributed by atoms with Gasteiger partial charge in [0, 0.05) is 23.9 Å². The van der Waals surface area contributed by atoms with Crippen molar-refractivity contribution in [2.75, 3.05) is 0 Å². The van der Waals surface area contributed by atoms with Crippen molar-refractivity contribution in [2.45, 2.75) is 39.7 Å². The molecule has 0 fully saturated rings. The molecule has 158 valence electrons. The molecule has 0 atom stereocenters. The Bertz CT molecular complexity index is 1240. The van der Waals surface area contributed by atoms with E-state index in [0.29, 0.717) is 25.8 Å². The van der Waals surface area contributed by atoms with Gasteiger partial charge in [0.1, 0.15) is 6.33 Å². The first kappa shape index (κ1) is 20.5. The summed E-state index contributed by atoms with van der Waals surface area (Å²) in [7, 11) is 0. The molecule has 0 amide bonds. The lowest BCUT2D eigenvalue weighted by Crippen LogP contribution is -2.29. The molecule has 4 rings (SSSR count). The highest BCUT2D eigenvalue weighted by atomic mass is 16.2. The molecule has 8 nitrogen and oxygen atoms in total. The molecule has 0 aliphatic carbocycles. The highest BCUT2D eigenvalue weighted by Crippen LogP contribution is 2.26. The maximum atomic E-state index is 12.8. The van der Waals surface area contributed by atoms with Crippen LogP contribution in [0.15, 0.2) is 65.8 Å². The molecule has 0 saturated heterocycles. The van der Waals surface area contributed by atoms with E-state index in [1.54, 1.807) is 21.8 Å². The number of aryl methyl sites for hydroxylation is 1. The Morgan fingerprint density at radius 2 is 1.81 bits per heavy atom. The van der Waals surface area contributed by atoms with E-state index in [9.17, 15) is 9.59 Å². The van der Waals surface area contributed by atoms with E-state index in [0.717, 1.165) is 28.1 Å². The van der Waals surface area contributed by atoms with Crippen LogP contribution in [0.2, 0.25) is 0 Å². The van der Waals surface area contributed by atoms with Crippen molar-refractivity contribution in [3.63, 3.8) is 0 Å². The summed E-state index contributed by atoms with van der Waals surface area (Å²) >= 11 is 0. The highest BCUT2D eigenvalue weighted by Gasteiger charge is 2.15. The molecule has 0 aliphatic heterocycles. The Balaban J connectivity index is 1.63. The third kappa shape index (κ3) is 4.09. The van der Waals surface area contributed by atoms with Gasteiger partial charge >= 0.3 is 5.69 Å². The number of benzene rings is 2. The van der Waals surface area contributed by atoms with Crippen LogP contribution in [0.3, 0.4) is 0 Å². The van der Waals surface area contributed by atoms with Crippen LogP contribution in [0.5, 0.6) is 0 Å². The van der Waals surface area contributed by atoms with Gasteiger partial charge in [0.25, 0.3) is 0 Å². The van der Waals surface area contributed by atoms with Crippen molar-refractivity contribution in [2.24, 2.45) is 0 Å². The van der Waals surface area contributed by atoms with Crippen LogP contribution in [-0.2, 0) is 13.0 Å². The fourth-order valence-electron chi connectivity index (χ4n) is 3.65. The molecule has 2 aromatic heterocycles. The van der Waals surface area contributed by atoms with E-state index >= 15 is 0 Å². The first-order valence-electron chi connectivity index (χ1n) is 10.4. The predicted molar refractivity (Wildman–Crippen MR) is 117 cm³/mol. The molecule has 0 aliphatic rings. The van der Waals surface area contributed by atoms with Gasteiger partial charge in [-0.15, -0.1) is 5.10 Å². The number of para-hydroxylation sites is 1. The van der Waals surface area contributed by atoms with Crippen molar-refractivity contribution in [1.29, 1.82) is 0 Å². The Labute approximate surface area is 179 Å². The van der Waals surface area contributed by atoms with Crippen LogP contribution < -0.4 is 5.69 Å². The third-order valence-corrected chi connectivity index (χ3v) is 5.26. The number of rotatable bonds is 7. The maximum absolute atomic E-state index is 12.8. The van der Waals surface area contributed by atoms with Crippen LogP contribution in [-0.4, -0.2) is 35.2 Å². The van der Waals surface area contributed by atoms with E-state index in [4.69, 9.17) is 0 Å². The van der Waals surface area contributed by atoms with Gasteiger partial charge in [-0.05, 0) is 40.5 Å². The molecule has 4 aromatic rings. The summed E-state index contributed by atoms with van der Waals surface area (Å²) in [4.78, 5) is 25.1. The van der Waals surface area contributed by atoms with Crippen LogP contribution in [0.4, 0.5) is 0 Å². The summed E-state index contributed by atoms with van der Waals surface area (Å²) in [5.41, 5.74) is 4.47. The standard InChI is InChI=1S/C23H24N6O2/c1-3-7-22(30)28-15-19(4-2)27(23(28)31)14-17-10-12-18(13-11-17)20-8-5-6-9-21(20)29-16-24-25-26-29/h5-6,8-13,15-16H,3-4,7,14H2,1-2H3. The minimum Gasteiger partial charge on any atom is -0.292 e. The zero-order chi connectivity index (χ0) is 21.8. The number of nitrogens with zero attached hydrogens (tertiary/aromatic N) is 6. The van der Waals surface area contributed by atoms with Gasteiger partial charge in [0.05, 0.1) is 12.2 Å². The molecule has 31 heavy (non-hydrogen) atoms. The average molecular weight is 416 g/mol. The molecule has 2 heterocycles. The lowest BCUT2D eigenvalue weighted by atomic mass is 10.0. The second kappa shape index (κ2) is 8.91. The molecule has 0 unspecified atom stereocenters. The SMILES string of the molecule is CCCC(=O)n1cc(CC)n(Cc2ccc(-c3ccccc3-n3cnnn3)cc2)c1=O. The molecular weight excluding hydrogens is 392 g/mol. The van der Waals surface area contributed by atoms with Gasteiger partial charge in [-0.3, -0.25) is 9.36 Å². The van der Waals surface area contributed by atoms with E-state index in [-0.39, 0.29) is 11.6 Å². The van der Waals surface area contributed by atoms with E-state index in [1.165, 1.54) is 4.57 Å². The summed E-state index contributed by atoms with van der Waals surface area (Å²) in [6.07, 6.45) is 5.00. The number of hydrogen-bond acceptors (Lipinski definition) is 5. The van der Waals surface area contributed by atoms with Gasteiger partial charge in [-0.1, -0.05) is 56.3 Å². The van der Waals surface area contributed by atoms with Crippen LogP contribution in [0.1, 0.15) is 42.7 Å². The molecule has 0 spiro atoms. The van der Waals surface area contributed by atoms with Crippen LogP contribution in [0, 0.1) is 0 Å². The van der Waals surface area contributed by atoms with Gasteiger partial charge < -0.3 is 0 Å². The Kier molecular flexibility index (Phi) is 5.88. The maximum Gasteiger partial charge on any atom is 0.335 e. The minimum absolute atomic E-state index is 0.157. The zero-order valence-electron chi connectivity index (χ0n) is 17.6. The fourth-order valence-corrected chi connectivity index (χ4v) is 3.65. The first-order valence-corrected chi connectivity index (χ1v) is 10.4. The summed E-state index contributed by atoms with van der Waals surface area (Å²) in [5, 5.41) is 11.4. The third-order valence-electron chi connectivity index (χ3n) is 5.26. The minimum atomic E-state index is -0.275. The Morgan fingerprint density at radius 3 is 2.48 bits per heavy atom. The first-order chi connectivity index (χ1) is 15.1. The number of hydrogen-bond donors (Lipinski definition) is 0. The summed E-state index contributed by atoms with van der Waals surface area (Å²) in [5.74, 6) is -0.157. The average Bonchev–Trinajstić information content (AvgIpc) is 3.43. The molecule has 8 heteroatoms. The zero-order valence-corrected chi connectivity index (χ0v) is 17.6. The van der Waals surface area contributed by atoms with Gasteiger partial charge in [-0.25, -0.2) is 9.36 Å². The molecule has 0 radical (unpaired) electrons. The number of carbonyl (C=O) groups excluding carboxylic acids is 1. The lowest BCUT2D eigenvalue weighted by Gasteiger charge is -2.10. The normalized spacial score (nSPS) is 11.0. The number of imidazole rings is 1. The smallest absolute Gasteiger partial charge is 0.292 e. The largest absolute Gasteiger partial charge is 0.335 e. The van der Waals surface area contributed by atoms with Crippen molar-refractivity contribution in [3.05, 3.63) is 82.8 Å². The molecule has 0 saturated carbocycles. The second-order valence-electron chi connectivity index (χ2n) is 7.32. The molecule has 0 N–H and O–H groups in total. The van der Waals surface area contributed by atoms with Crippen molar-refractivity contribution in [3.8, 4) is 16.8 Å².